The van der Waals surface area contributed by atoms with E-state index in [2.05, 4.69) is 86.5 Å². The maximum atomic E-state index is 2.31. The maximum absolute atomic E-state index is 2.31. The number of hydrogen-bond acceptors (Lipinski definition) is 2. The maximum Gasteiger partial charge on any atom is 0.0447 e. The quantitative estimate of drug-likeness (QED) is 0.435. The molecule has 0 atom stereocenters. The molecule has 0 aliphatic heterocycles. The SMILES string of the molecule is CC.CN(C)c1cc2ccc(N(C)C)c3ccc4cccc1c4c23. The average Bonchev–Trinajstić information content (AvgIpc) is 2.60. The van der Waals surface area contributed by atoms with Crippen LogP contribution in [0.2, 0.25) is 0 Å². The van der Waals surface area contributed by atoms with Crippen LogP contribution in [0, 0.1) is 0 Å². The molecule has 2 heteroatoms. The first-order valence-electron chi connectivity index (χ1n) is 8.63. The van der Waals surface area contributed by atoms with Crippen LogP contribution in [0.1, 0.15) is 13.8 Å². The standard InChI is InChI=1S/C20H20N2.C2H6/c1-21(2)17-11-9-14-12-18(22(3)4)15-7-5-6-13-8-10-16(17)20(14)19(13)15;1-2/h5-12H,1-4H3;1-2H3. The number of hydrogen-bond donors (Lipinski definition) is 0. The van der Waals surface area contributed by atoms with E-state index in [4.69, 9.17) is 0 Å². The Morgan fingerprint density at radius 1 is 0.583 bits per heavy atom. The summed E-state index contributed by atoms with van der Waals surface area (Å²) in [5.74, 6) is 0. The Labute approximate surface area is 144 Å². The van der Waals surface area contributed by atoms with Gasteiger partial charge in [-0.15, -0.1) is 0 Å². The minimum atomic E-state index is 1.28. The highest BCUT2D eigenvalue weighted by Crippen LogP contribution is 2.42. The second-order valence-electron chi connectivity index (χ2n) is 6.38. The van der Waals surface area contributed by atoms with Gasteiger partial charge < -0.3 is 9.80 Å². The molecule has 0 spiro atoms. The fraction of sp³-hybridized carbons (Fsp3) is 0.273. The van der Waals surface area contributed by atoms with Crippen molar-refractivity contribution in [3.8, 4) is 0 Å². The zero-order valence-corrected chi connectivity index (χ0v) is 15.5. The molecule has 0 aliphatic carbocycles. The van der Waals surface area contributed by atoms with Gasteiger partial charge in [-0.1, -0.05) is 50.2 Å². The lowest BCUT2D eigenvalue weighted by Gasteiger charge is -2.22. The van der Waals surface area contributed by atoms with Gasteiger partial charge in [0, 0.05) is 50.3 Å². The van der Waals surface area contributed by atoms with Crippen LogP contribution in [0.5, 0.6) is 0 Å². The van der Waals surface area contributed by atoms with E-state index in [1.165, 1.54) is 43.7 Å². The van der Waals surface area contributed by atoms with Crippen LogP contribution in [0.3, 0.4) is 0 Å². The van der Waals surface area contributed by atoms with Crippen molar-refractivity contribution < 1.29 is 0 Å². The minimum absolute atomic E-state index is 1.28. The smallest absolute Gasteiger partial charge is 0.0447 e. The summed E-state index contributed by atoms with van der Waals surface area (Å²) in [5, 5.41) is 8.05. The molecular formula is C22H26N2. The van der Waals surface area contributed by atoms with Gasteiger partial charge in [0.2, 0.25) is 0 Å². The largest absolute Gasteiger partial charge is 0.377 e. The second kappa shape index (κ2) is 6.20. The van der Waals surface area contributed by atoms with Crippen molar-refractivity contribution in [2.45, 2.75) is 13.8 Å². The van der Waals surface area contributed by atoms with Gasteiger partial charge >= 0.3 is 0 Å². The molecule has 0 bridgehead atoms. The molecule has 0 N–H and O–H groups in total. The molecule has 4 aromatic rings. The minimum Gasteiger partial charge on any atom is -0.377 e. The van der Waals surface area contributed by atoms with Gasteiger partial charge in [0.1, 0.15) is 0 Å². The van der Waals surface area contributed by atoms with Crippen molar-refractivity contribution in [2.75, 3.05) is 38.0 Å². The topological polar surface area (TPSA) is 6.48 Å². The van der Waals surface area contributed by atoms with Crippen LogP contribution in [0.15, 0.2) is 48.5 Å². The van der Waals surface area contributed by atoms with E-state index in [1.807, 2.05) is 13.8 Å². The van der Waals surface area contributed by atoms with Crippen LogP contribution in [-0.4, -0.2) is 28.2 Å². The summed E-state index contributed by atoms with van der Waals surface area (Å²) >= 11 is 0. The van der Waals surface area contributed by atoms with E-state index in [1.54, 1.807) is 0 Å². The summed E-state index contributed by atoms with van der Waals surface area (Å²) in [6, 6.07) is 17.9. The molecule has 124 valence electrons. The predicted molar refractivity (Wildman–Crippen MR) is 110 cm³/mol. The Morgan fingerprint density at radius 3 is 1.83 bits per heavy atom. The van der Waals surface area contributed by atoms with Gasteiger partial charge in [-0.25, -0.2) is 0 Å². The van der Waals surface area contributed by atoms with Gasteiger partial charge in [0.05, 0.1) is 0 Å². The Balaban J connectivity index is 0.000000815. The first-order chi connectivity index (χ1) is 11.6. The fourth-order valence-electron chi connectivity index (χ4n) is 3.55. The number of nitrogens with zero attached hydrogens (tertiary/aromatic N) is 2. The van der Waals surface area contributed by atoms with Crippen LogP contribution < -0.4 is 9.80 Å². The van der Waals surface area contributed by atoms with Crippen LogP contribution in [-0.2, 0) is 0 Å². The Hall–Kier alpha value is -2.48. The zero-order valence-electron chi connectivity index (χ0n) is 15.5. The van der Waals surface area contributed by atoms with Gasteiger partial charge in [-0.05, 0) is 33.7 Å². The summed E-state index contributed by atoms with van der Waals surface area (Å²) in [6.07, 6.45) is 0. The van der Waals surface area contributed by atoms with E-state index < -0.39 is 0 Å². The molecule has 4 rings (SSSR count). The molecule has 24 heavy (non-hydrogen) atoms. The normalized spacial score (nSPS) is 10.9. The first-order valence-corrected chi connectivity index (χ1v) is 8.63. The van der Waals surface area contributed by atoms with Crippen molar-refractivity contribution >= 4 is 43.7 Å². The number of rotatable bonds is 2. The molecule has 4 aromatic carbocycles. The third kappa shape index (κ3) is 2.34. The molecule has 0 amide bonds. The first kappa shape index (κ1) is 16.4. The number of anilines is 2. The molecule has 0 fully saturated rings. The summed E-state index contributed by atoms with van der Waals surface area (Å²) < 4.78 is 0. The predicted octanol–water partition coefficient (Wildman–Crippen LogP) is 5.74. The lowest BCUT2D eigenvalue weighted by Crippen LogP contribution is -2.10. The van der Waals surface area contributed by atoms with Crippen LogP contribution >= 0.6 is 0 Å². The molecule has 0 saturated carbocycles. The van der Waals surface area contributed by atoms with Crippen molar-refractivity contribution in [3.63, 3.8) is 0 Å². The monoisotopic (exact) mass is 318 g/mol. The third-order valence-corrected chi connectivity index (χ3v) is 4.56. The van der Waals surface area contributed by atoms with E-state index in [0.29, 0.717) is 0 Å². The molecular weight excluding hydrogens is 292 g/mol. The lowest BCUT2D eigenvalue weighted by molar-refractivity contribution is 1.14. The highest BCUT2D eigenvalue weighted by atomic mass is 15.1. The summed E-state index contributed by atoms with van der Waals surface area (Å²) in [7, 11) is 8.45. The summed E-state index contributed by atoms with van der Waals surface area (Å²) in [6.45, 7) is 4.00. The highest BCUT2D eigenvalue weighted by molar-refractivity contribution is 6.27. The fourth-order valence-corrected chi connectivity index (χ4v) is 3.55. The van der Waals surface area contributed by atoms with Crippen LogP contribution in [0.4, 0.5) is 11.4 Å². The van der Waals surface area contributed by atoms with E-state index in [-0.39, 0.29) is 0 Å². The highest BCUT2D eigenvalue weighted by Gasteiger charge is 2.14. The van der Waals surface area contributed by atoms with Crippen molar-refractivity contribution in [1.29, 1.82) is 0 Å². The second-order valence-corrected chi connectivity index (χ2v) is 6.38. The molecule has 2 nitrogen and oxygen atoms in total. The molecule has 0 unspecified atom stereocenters. The molecule has 0 aliphatic rings. The Kier molecular flexibility index (Phi) is 4.23. The van der Waals surface area contributed by atoms with E-state index in [9.17, 15) is 0 Å². The molecule has 0 saturated heterocycles. The van der Waals surface area contributed by atoms with Gasteiger partial charge in [0.25, 0.3) is 0 Å². The lowest BCUT2D eigenvalue weighted by atomic mass is 9.92. The molecule has 0 radical (unpaired) electrons. The van der Waals surface area contributed by atoms with Gasteiger partial charge in [-0.3, -0.25) is 0 Å². The third-order valence-electron chi connectivity index (χ3n) is 4.56. The van der Waals surface area contributed by atoms with Crippen molar-refractivity contribution in [1.82, 2.24) is 0 Å². The van der Waals surface area contributed by atoms with Gasteiger partial charge in [-0.2, -0.15) is 0 Å². The van der Waals surface area contributed by atoms with Crippen molar-refractivity contribution in [3.05, 3.63) is 48.5 Å². The molecule has 0 heterocycles. The Bertz CT molecular complexity index is 978. The van der Waals surface area contributed by atoms with Crippen molar-refractivity contribution in [2.24, 2.45) is 0 Å². The number of benzene rings is 4. The summed E-state index contributed by atoms with van der Waals surface area (Å²) in [5.41, 5.74) is 2.56. The van der Waals surface area contributed by atoms with Gasteiger partial charge in [0.15, 0.2) is 0 Å². The van der Waals surface area contributed by atoms with E-state index >= 15 is 0 Å². The van der Waals surface area contributed by atoms with Crippen LogP contribution in [0.25, 0.3) is 32.3 Å². The summed E-state index contributed by atoms with van der Waals surface area (Å²) in [4.78, 5) is 4.40. The zero-order chi connectivity index (χ0) is 17.4. The van der Waals surface area contributed by atoms with E-state index in [0.717, 1.165) is 0 Å². The molecule has 0 aromatic heterocycles. The Morgan fingerprint density at radius 2 is 1.17 bits per heavy atom. The average molecular weight is 318 g/mol.